The molecule has 1 aromatic carbocycles. The minimum Gasteiger partial charge on any atom is -0.342 e. The molecule has 1 aliphatic heterocycles. The van der Waals surface area contributed by atoms with Gasteiger partial charge in [-0.1, -0.05) is 29.8 Å². The van der Waals surface area contributed by atoms with Gasteiger partial charge in [-0.05, 0) is 18.1 Å². The number of rotatable bonds is 2. The molecular weight excluding hydrogens is 323 g/mol. The van der Waals surface area contributed by atoms with Gasteiger partial charge < -0.3 is 4.90 Å². The van der Waals surface area contributed by atoms with E-state index in [4.69, 9.17) is 11.6 Å². The molecular formula is C14H15ClF3NOS. The Morgan fingerprint density at radius 3 is 2.71 bits per heavy atom. The number of halogens is 4. The molecule has 1 aromatic rings. The standard InChI is InChI=1S/C14H15ClF3NOS/c15-11-4-2-1-3-10(11)12-5-6-19(7-8-21-12)13(20)9-14(16,17)18/h1-4,12H,5-9H2. The summed E-state index contributed by atoms with van der Waals surface area (Å²) in [5, 5.41) is 0.771. The molecule has 2 rings (SSSR count). The molecule has 21 heavy (non-hydrogen) atoms. The van der Waals surface area contributed by atoms with Crippen LogP contribution in [0.1, 0.15) is 23.7 Å². The van der Waals surface area contributed by atoms with Crippen molar-refractivity contribution in [3.8, 4) is 0 Å². The average Bonchev–Trinajstić information content (AvgIpc) is 2.63. The molecule has 0 saturated carbocycles. The summed E-state index contributed by atoms with van der Waals surface area (Å²) in [6.45, 7) is 0.679. The predicted molar refractivity (Wildman–Crippen MR) is 78.5 cm³/mol. The third-order valence-electron chi connectivity index (χ3n) is 3.30. The van der Waals surface area contributed by atoms with Gasteiger partial charge in [0.2, 0.25) is 5.91 Å². The third-order valence-corrected chi connectivity index (χ3v) is 4.95. The lowest BCUT2D eigenvalue weighted by atomic mass is 10.1. The molecule has 0 aromatic heterocycles. The fourth-order valence-electron chi connectivity index (χ4n) is 2.29. The van der Waals surface area contributed by atoms with E-state index in [1.807, 2.05) is 18.2 Å². The molecule has 1 amide bonds. The summed E-state index contributed by atoms with van der Waals surface area (Å²) >= 11 is 7.79. The normalized spacial score (nSPS) is 20.2. The number of benzene rings is 1. The molecule has 1 unspecified atom stereocenters. The molecule has 0 N–H and O–H groups in total. The minimum atomic E-state index is -4.45. The zero-order valence-electron chi connectivity index (χ0n) is 11.2. The quantitative estimate of drug-likeness (QED) is 0.802. The number of nitrogens with zero attached hydrogens (tertiary/aromatic N) is 1. The number of carbonyl (C=O) groups is 1. The summed E-state index contributed by atoms with van der Waals surface area (Å²) in [6, 6.07) is 7.45. The van der Waals surface area contributed by atoms with Crippen LogP contribution < -0.4 is 0 Å². The summed E-state index contributed by atoms with van der Waals surface area (Å²) < 4.78 is 36.9. The first kappa shape index (κ1) is 16.5. The molecule has 1 fully saturated rings. The van der Waals surface area contributed by atoms with Gasteiger partial charge in [0.1, 0.15) is 6.42 Å². The molecule has 1 saturated heterocycles. The highest BCUT2D eigenvalue weighted by molar-refractivity contribution is 7.99. The number of alkyl halides is 3. The number of hydrogen-bond acceptors (Lipinski definition) is 2. The van der Waals surface area contributed by atoms with Crippen molar-refractivity contribution in [2.75, 3.05) is 18.8 Å². The molecule has 0 aliphatic carbocycles. The van der Waals surface area contributed by atoms with Gasteiger partial charge in [-0.25, -0.2) is 0 Å². The van der Waals surface area contributed by atoms with Crippen LogP contribution in [0.2, 0.25) is 5.02 Å². The van der Waals surface area contributed by atoms with Gasteiger partial charge in [0.15, 0.2) is 0 Å². The number of carbonyl (C=O) groups excluding carboxylic acids is 1. The number of hydrogen-bond donors (Lipinski definition) is 0. The summed E-state index contributed by atoms with van der Waals surface area (Å²) in [5.41, 5.74) is 0.981. The van der Waals surface area contributed by atoms with Crippen LogP contribution in [0.5, 0.6) is 0 Å². The van der Waals surface area contributed by atoms with Crippen molar-refractivity contribution in [2.45, 2.75) is 24.3 Å². The first-order chi connectivity index (χ1) is 9.87. The van der Waals surface area contributed by atoms with Crippen LogP contribution in [0.4, 0.5) is 13.2 Å². The van der Waals surface area contributed by atoms with E-state index in [1.54, 1.807) is 17.8 Å². The molecule has 0 spiro atoms. The smallest absolute Gasteiger partial charge is 0.342 e. The first-order valence-corrected chi connectivity index (χ1v) is 8.00. The van der Waals surface area contributed by atoms with Crippen molar-refractivity contribution in [1.82, 2.24) is 4.90 Å². The monoisotopic (exact) mass is 337 g/mol. The van der Waals surface area contributed by atoms with E-state index in [2.05, 4.69) is 0 Å². The van der Waals surface area contributed by atoms with Crippen LogP contribution >= 0.6 is 23.4 Å². The minimum absolute atomic E-state index is 0.113. The van der Waals surface area contributed by atoms with E-state index < -0.39 is 18.5 Å². The van der Waals surface area contributed by atoms with E-state index in [0.717, 1.165) is 5.56 Å². The lowest BCUT2D eigenvalue weighted by Crippen LogP contribution is -2.35. The van der Waals surface area contributed by atoms with Gasteiger partial charge in [0.05, 0.1) is 0 Å². The van der Waals surface area contributed by atoms with Crippen LogP contribution in [0.15, 0.2) is 24.3 Å². The SMILES string of the molecule is O=C(CC(F)(F)F)N1CCSC(c2ccccc2Cl)CC1. The summed E-state index contributed by atoms with van der Waals surface area (Å²) in [7, 11) is 0. The summed E-state index contributed by atoms with van der Waals surface area (Å²) in [6.07, 6.45) is -5.22. The maximum Gasteiger partial charge on any atom is 0.397 e. The Hall–Kier alpha value is -0.880. The Balaban J connectivity index is 1.99. The Labute approximate surface area is 130 Å². The number of thioether (sulfide) groups is 1. The van der Waals surface area contributed by atoms with Crippen LogP contribution in [-0.2, 0) is 4.79 Å². The molecule has 1 atom stereocenters. The third kappa shape index (κ3) is 4.81. The van der Waals surface area contributed by atoms with Crippen LogP contribution in [0.3, 0.4) is 0 Å². The fraction of sp³-hybridized carbons (Fsp3) is 0.500. The first-order valence-electron chi connectivity index (χ1n) is 6.57. The summed E-state index contributed by atoms with van der Waals surface area (Å²) in [4.78, 5) is 13.0. The Morgan fingerprint density at radius 1 is 1.33 bits per heavy atom. The van der Waals surface area contributed by atoms with Gasteiger partial charge in [-0.3, -0.25) is 4.79 Å². The topological polar surface area (TPSA) is 20.3 Å². The van der Waals surface area contributed by atoms with Crippen LogP contribution in [-0.4, -0.2) is 35.8 Å². The van der Waals surface area contributed by atoms with Crippen molar-refractivity contribution >= 4 is 29.3 Å². The van der Waals surface area contributed by atoms with Crippen molar-refractivity contribution < 1.29 is 18.0 Å². The highest BCUT2D eigenvalue weighted by Gasteiger charge is 2.34. The average molecular weight is 338 g/mol. The Morgan fingerprint density at radius 2 is 2.05 bits per heavy atom. The van der Waals surface area contributed by atoms with E-state index in [9.17, 15) is 18.0 Å². The molecule has 7 heteroatoms. The van der Waals surface area contributed by atoms with E-state index in [-0.39, 0.29) is 5.25 Å². The van der Waals surface area contributed by atoms with Gasteiger partial charge in [0.25, 0.3) is 0 Å². The van der Waals surface area contributed by atoms with Crippen molar-refractivity contribution in [3.05, 3.63) is 34.9 Å². The van der Waals surface area contributed by atoms with Crippen LogP contribution in [0.25, 0.3) is 0 Å². The summed E-state index contributed by atoms with van der Waals surface area (Å²) in [5.74, 6) is -0.234. The lowest BCUT2D eigenvalue weighted by molar-refractivity contribution is -0.161. The zero-order chi connectivity index (χ0) is 15.5. The lowest BCUT2D eigenvalue weighted by Gasteiger charge is -2.21. The molecule has 1 aliphatic rings. The molecule has 0 bridgehead atoms. The largest absolute Gasteiger partial charge is 0.397 e. The van der Waals surface area contributed by atoms with Gasteiger partial charge >= 0.3 is 6.18 Å². The van der Waals surface area contributed by atoms with E-state index in [1.165, 1.54) is 4.90 Å². The maximum atomic E-state index is 12.3. The molecule has 116 valence electrons. The predicted octanol–water partition coefficient (Wildman–Crippen LogP) is 4.30. The van der Waals surface area contributed by atoms with E-state index >= 15 is 0 Å². The second-order valence-corrected chi connectivity index (χ2v) is 6.56. The van der Waals surface area contributed by atoms with Crippen molar-refractivity contribution in [3.63, 3.8) is 0 Å². The molecule has 1 heterocycles. The second kappa shape index (κ2) is 6.92. The highest BCUT2D eigenvalue weighted by atomic mass is 35.5. The molecule has 2 nitrogen and oxygen atoms in total. The maximum absolute atomic E-state index is 12.3. The fourth-order valence-corrected chi connectivity index (χ4v) is 3.89. The van der Waals surface area contributed by atoms with Gasteiger partial charge in [-0.15, -0.1) is 0 Å². The Bertz CT molecular complexity index is 509. The Kier molecular flexibility index (Phi) is 5.43. The zero-order valence-corrected chi connectivity index (χ0v) is 12.8. The van der Waals surface area contributed by atoms with Gasteiger partial charge in [-0.2, -0.15) is 24.9 Å². The van der Waals surface area contributed by atoms with Crippen molar-refractivity contribution in [2.24, 2.45) is 0 Å². The van der Waals surface area contributed by atoms with Gasteiger partial charge in [0, 0.05) is 29.1 Å². The van der Waals surface area contributed by atoms with E-state index in [0.29, 0.717) is 30.3 Å². The number of amides is 1. The second-order valence-electron chi connectivity index (χ2n) is 4.84. The molecule has 0 radical (unpaired) electrons. The highest BCUT2D eigenvalue weighted by Crippen LogP contribution is 2.38. The van der Waals surface area contributed by atoms with Crippen molar-refractivity contribution in [1.29, 1.82) is 0 Å². The van der Waals surface area contributed by atoms with Crippen LogP contribution in [0, 0.1) is 0 Å².